The van der Waals surface area contributed by atoms with E-state index < -0.39 is 0 Å². The molecule has 1 rings (SSSR count). The fourth-order valence-electron chi connectivity index (χ4n) is 1.91. The molecule has 0 bridgehead atoms. The van der Waals surface area contributed by atoms with Crippen molar-refractivity contribution in [2.75, 3.05) is 27.3 Å². The van der Waals surface area contributed by atoms with Gasteiger partial charge in [0.1, 0.15) is 0 Å². The van der Waals surface area contributed by atoms with E-state index >= 15 is 0 Å². The van der Waals surface area contributed by atoms with E-state index in [-0.39, 0.29) is 5.54 Å². The van der Waals surface area contributed by atoms with Crippen LogP contribution in [0.4, 0.5) is 0 Å². The van der Waals surface area contributed by atoms with Gasteiger partial charge in [-0.3, -0.25) is 4.90 Å². The van der Waals surface area contributed by atoms with Crippen LogP contribution in [0.15, 0.2) is 0 Å². The van der Waals surface area contributed by atoms with Crippen LogP contribution in [0, 0.1) is 0 Å². The van der Waals surface area contributed by atoms with Gasteiger partial charge in [0, 0.05) is 19.2 Å². The molecule has 1 saturated heterocycles. The van der Waals surface area contributed by atoms with Gasteiger partial charge in [0.25, 0.3) is 0 Å². The van der Waals surface area contributed by atoms with Gasteiger partial charge in [-0.15, -0.1) is 0 Å². The van der Waals surface area contributed by atoms with Gasteiger partial charge in [-0.05, 0) is 34.2 Å². The second kappa shape index (κ2) is 4.60. The Balaban J connectivity index is 2.47. The predicted molar refractivity (Wildman–Crippen MR) is 57.5 cm³/mol. The van der Waals surface area contributed by atoms with E-state index in [1.165, 1.54) is 0 Å². The van der Waals surface area contributed by atoms with Crippen molar-refractivity contribution in [2.24, 2.45) is 0 Å². The van der Waals surface area contributed by atoms with E-state index in [2.05, 4.69) is 32.7 Å². The van der Waals surface area contributed by atoms with Crippen molar-refractivity contribution in [3.63, 3.8) is 0 Å². The summed E-state index contributed by atoms with van der Waals surface area (Å²) in [6.07, 6.45) is 1.73. The molecule has 1 aliphatic rings. The molecule has 0 amide bonds. The SMILES string of the molecule is COC1CN(C)C(C)(COC(C)C)C1. The number of nitrogens with zero attached hydrogens (tertiary/aromatic N) is 1. The Kier molecular flexibility index (Phi) is 3.93. The van der Waals surface area contributed by atoms with Crippen LogP contribution in [0.5, 0.6) is 0 Å². The zero-order chi connectivity index (χ0) is 10.8. The minimum atomic E-state index is 0.144. The molecular weight excluding hydrogens is 178 g/mol. The first-order chi connectivity index (χ1) is 6.48. The minimum absolute atomic E-state index is 0.144. The Bertz CT molecular complexity index is 184. The lowest BCUT2D eigenvalue weighted by Crippen LogP contribution is -2.43. The average molecular weight is 201 g/mol. The van der Waals surface area contributed by atoms with Gasteiger partial charge >= 0.3 is 0 Å². The third-order valence-electron chi connectivity index (χ3n) is 3.13. The molecule has 0 aromatic carbocycles. The van der Waals surface area contributed by atoms with Gasteiger partial charge in [0.05, 0.1) is 18.8 Å². The normalized spacial score (nSPS) is 34.3. The molecule has 2 unspecified atom stereocenters. The van der Waals surface area contributed by atoms with E-state index in [0.717, 1.165) is 19.6 Å². The first-order valence-electron chi connectivity index (χ1n) is 5.33. The first-order valence-corrected chi connectivity index (χ1v) is 5.33. The molecule has 1 heterocycles. The summed E-state index contributed by atoms with van der Waals surface area (Å²) in [6.45, 7) is 8.20. The van der Waals surface area contributed by atoms with Crippen LogP contribution in [-0.2, 0) is 9.47 Å². The molecule has 0 aromatic rings. The lowest BCUT2D eigenvalue weighted by Gasteiger charge is -2.32. The zero-order valence-electron chi connectivity index (χ0n) is 10.0. The van der Waals surface area contributed by atoms with Gasteiger partial charge in [-0.25, -0.2) is 0 Å². The summed E-state index contributed by atoms with van der Waals surface area (Å²) < 4.78 is 11.1. The molecule has 0 spiro atoms. The fraction of sp³-hybridized carbons (Fsp3) is 1.00. The molecule has 0 N–H and O–H groups in total. The Morgan fingerprint density at radius 1 is 1.50 bits per heavy atom. The van der Waals surface area contributed by atoms with E-state index in [0.29, 0.717) is 12.2 Å². The fourth-order valence-corrected chi connectivity index (χ4v) is 1.91. The topological polar surface area (TPSA) is 21.7 Å². The van der Waals surface area contributed by atoms with Gasteiger partial charge in [-0.2, -0.15) is 0 Å². The number of rotatable bonds is 4. The van der Waals surface area contributed by atoms with E-state index in [9.17, 15) is 0 Å². The molecule has 1 aliphatic heterocycles. The monoisotopic (exact) mass is 201 g/mol. The third-order valence-corrected chi connectivity index (χ3v) is 3.13. The van der Waals surface area contributed by atoms with Crippen molar-refractivity contribution in [1.82, 2.24) is 4.90 Å². The maximum atomic E-state index is 5.69. The number of likely N-dealkylation sites (tertiary alicyclic amines) is 1. The average Bonchev–Trinajstić information content (AvgIpc) is 2.40. The summed E-state index contributed by atoms with van der Waals surface area (Å²) >= 11 is 0. The van der Waals surface area contributed by atoms with Crippen LogP contribution in [0.1, 0.15) is 27.2 Å². The van der Waals surface area contributed by atoms with Crippen molar-refractivity contribution >= 4 is 0 Å². The molecule has 0 radical (unpaired) electrons. The summed E-state index contributed by atoms with van der Waals surface area (Å²) in [4.78, 5) is 2.34. The number of hydrogen-bond acceptors (Lipinski definition) is 3. The third kappa shape index (κ3) is 2.69. The molecule has 1 fully saturated rings. The Morgan fingerprint density at radius 3 is 2.57 bits per heavy atom. The number of hydrogen-bond donors (Lipinski definition) is 0. The smallest absolute Gasteiger partial charge is 0.0716 e. The minimum Gasteiger partial charge on any atom is -0.380 e. The molecule has 0 saturated carbocycles. The first kappa shape index (κ1) is 12.0. The predicted octanol–water partition coefficient (Wildman–Crippen LogP) is 1.52. The molecule has 14 heavy (non-hydrogen) atoms. The zero-order valence-corrected chi connectivity index (χ0v) is 10.0. The molecule has 0 aromatic heterocycles. The number of likely N-dealkylation sites (N-methyl/N-ethyl adjacent to an activating group) is 1. The summed E-state index contributed by atoms with van der Waals surface area (Å²) in [7, 11) is 3.93. The Morgan fingerprint density at radius 2 is 2.14 bits per heavy atom. The van der Waals surface area contributed by atoms with Crippen LogP contribution in [0.2, 0.25) is 0 Å². The second-order valence-corrected chi connectivity index (χ2v) is 4.80. The highest BCUT2D eigenvalue weighted by Gasteiger charge is 2.40. The highest BCUT2D eigenvalue weighted by atomic mass is 16.5. The largest absolute Gasteiger partial charge is 0.380 e. The van der Waals surface area contributed by atoms with Crippen molar-refractivity contribution < 1.29 is 9.47 Å². The Hall–Kier alpha value is -0.120. The maximum Gasteiger partial charge on any atom is 0.0716 e. The molecule has 0 aliphatic carbocycles. The quantitative estimate of drug-likeness (QED) is 0.688. The van der Waals surface area contributed by atoms with Gasteiger partial charge in [0.15, 0.2) is 0 Å². The standard InChI is InChI=1S/C11H23NO2/c1-9(2)14-8-11(3)6-10(13-5)7-12(11)4/h9-10H,6-8H2,1-5H3. The highest BCUT2D eigenvalue weighted by molar-refractivity contribution is 4.95. The van der Waals surface area contributed by atoms with Gasteiger partial charge < -0.3 is 9.47 Å². The Labute approximate surface area is 87.4 Å². The van der Waals surface area contributed by atoms with Crippen molar-refractivity contribution in [3.05, 3.63) is 0 Å². The molecule has 84 valence electrons. The second-order valence-electron chi connectivity index (χ2n) is 4.80. The van der Waals surface area contributed by atoms with E-state index in [1.807, 2.05) is 0 Å². The van der Waals surface area contributed by atoms with Crippen molar-refractivity contribution in [2.45, 2.75) is 44.9 Å². The van der Waals surface area contributed by atoms with Crippen LogP contribution in [0.25, 0.3) is 0 Å². The van der Waals surface area contributed by atoms with Crippen LogP contribution in [0.3, 0.4) is 0 Å². The lowest BCUT2D eigenvalue weighted by molar-refractivity contribution is 0.00253. The summed E-state index contributed by atoms with van der Waals surface area (Å²) in [6, 6.07) is 0. The molecule has 3 nitrogen and oxygen atoms in total. The van der Waals surface area contributed by atoms with Gasteiger partial charge in [0.2, 0.25) is 0 Å². The number of methoxy groups -OCH3 is 1. The highest BCUT2D eigenvalue weighted by Crippen LogP contribution is 2.29. The van der Waals surface area contributed by atoms with Crippen molar-refractivity contribution in [1.29, 1.82) is 0 Å². The van der Waals surface area contributed by atoms with Gasteiger partial charge in [-0.1, -0.05) is 0 Å². The summed E-state index contributed by atoms with van der Waals surface area (Å²) in [5, 5.41) is 0. The lowest BCUT2D eigenvalue weighted by atomic mass is 10.00. The van der Waals surface area contributed by atoms with Crippen LogP contribution >= 0.6 is 0 Å². The maximum absolute atomic E-state index is 5.69. The molecule has 2 atom stereocenters. The van der Waals surface area contributed by atoms with Crippen LogP contribution in [-0.4, -0.2) is 50.0 Å². The van der Waals surface area contributed by atoms with Crippen molar-refractivity contribution in [3.8, 4) is 0 Å². The summed E-state index contributed by atoms with van der Waals surface area (Å²) in [5.41, 5.74) is 0.144. The van der Waals surface area contributed by atoms with E-state index in [1.54, 1.807) is 7.11 Å². The van der Waals surface area contributed by atoms with Crippen LogP contribution < -0.4 is 0 Å². The number of ether oxygens (including phenoxy) is 2. The molecule has 3 heteroatoms. The van der Waals surface area contributed by atoms with E-state index in [4.69, 9.17) is 9.47 Å². The molecular formula is C11H23NO2. The summed E-state index contributed by atoms with van der Waals surface area (Å²) in [5.74, 6) is 0.